The number of benzene rings is 1. The van der Waals surface area contributed by atoms with Gasteiger partial charge in [-0.25, -0.2) is 4.79 Å². The second kappa shape index (κ2) is 7.57. The lowest BCUT2D eigenvalue weighted by atomic mass is 9.90. The van der Waals surface area contributed by atoms with E-state index in [0.29, 0.717) is 5.56 Å². The smallest absolute Gasteiger partial charge is 0.340 e. The highest BCUT2D eigenvalue weighted by atomic mass is 16.5. The fourth-order valence-corrected chi connectivity index (χ4v) is 1.61. The SMILES string of the molecule is CC(C)[C@](C)(C#N)NC(=O)COC(=O)[C@H](O)c1ccccc1. The number of rotatable bonds is 6. The highest BCUT2D eigenvalue weighted by Crippen LogP contribution is 2.16. The lowest BCUT2D eigenvalue weighted by Crippen LogP contribution is -2.50. The van der Waals surface area contributed by atoms with Crippen LogP contribution in [0.2, 0.25) is 0 Å². The lowest BCUT2D eigenvalue weighted by molar-refractivity contribution is -0.157. The number of aliphatic hydroxyl groups excluding tert-OH is 1. The number of nitrogens with one attached hydrogen (secondary N) is 1. The topological polar surface area (TPSA) is 99.4 Å². The standard InChI is InChI=1S/C16H20N2O4/c1-11(2)16(3,10-17)18-13(19)9-22-15(21)14(20)12-7-5-4-6-8-12/h4-8,11,14,20H,9H2,1-3H3,(H,18,19)/t14-,16+/m1/s1. The molecule has 0 radical (unpaired) electrons. The number of esters is 1. The quantitative estimate of drug-likeness (QED) is 0.772. The molecule has 2 atom stereocenters. The van der Waals surface area contributed by atoms with Crippen molar-refractivity contribution < 1.29 is 19.4 Å². The van der Waals surface area contributed by atoms with Gasteiger partial charge in [-0.3, -0.25) is 4.79 Å². The predicted molar refractivity (Wildman–Crippen MR) is 79.4 cm³/mol. The van der Waals surface area contributed by atoms with E-state index in [2.05, 4.69) is 5.32 Å². The summed E-state index contributed by atoms with van der Waals surface area (Å²) in [6.45, 7) is 4.65. The first-order valence-electron chi connectivity index (χ1n) is 6.92. The van der Waals surface area contributed by atoms with Crippen molar-refractivity contribution in [3.63, 3.8) is 0 Å². The second-order valence-electron chi connectivity index (χ2n) is 5.44. The zero-order valence-electron chi connectivity index (χ0n) is 12.9. The van der Waals surface area contributed by atoms with Crippen LogP contribution in [-0.4, -0.2) is 29.1 Å². The van der Waals surface area contributed by atoms with Crippen molar-refractivity contribution in [3.05, 3.63) is 35.9 Å². The summed E-state index contributed by atoms with van der Waals surface area (Å²) in [5.41, 5.74) is -0.654. The highest BCUT2D eigenvalue weighted by Gasteiger charge is 2.30. The molecule has 0 saturated carbocycles. The molecule has 1 aromatic rings. The number of amides is 1. The number of aliphatic hydroxyl groups is 1. The van der Waals surface area contributed by atoms with Crippen molar-refractivity contribution in [1.29, 1.82) is 5.26 Å². The minimum absolute atomic E-state index is 0.105. The zero-order valence-corrected chi connectivity index (χ0v) is 12.9. The maximum atomic E-state index is 11.8. The van der Waals surface area contributed by atoms with Gasteiger partial charge in [0, 0.05) is 0 Å². The molecular weight excluding hydrogens is 284 g/mol. The van der Waals surface area contributed by atoms with Crippen LogP contribution >= 0.6 is 0 Å². The molecule has 118 valence electrons. The van der Waals surface area contributed by atoms with Crippen LogP contribution in [0.25, 0.3) is 0 Å². The van der Waals surface area contributed by atoms with Gasteiger partial charge in [-0.15, -0.1) is 0 Å². The van der Waals surface area contributed by atoms with Gasteiger partial charge < -0.3 is 15.2 Å². The van der Waals surface area contributed by atoms with Gasteiger partial charge in [-0.1, -0.05) is 44.2 Å². The molecule has 6 nitrogen and oxygen atoms in total. The third kappa shape index (κ3) is 4.57. The normalized spacial score (nSPS) is 14.5. The predicted octanol–water partition coefficient (Wildman–Crippen LogP) is 1.32. The van der Waals surface area contributed by atoms with Crippen LogP contribution in [0.1, 0.15) is 32.4 Å². The number of hydrogen-bond acceptors (Lipinski definition) is 5. The molecule has 0 unspecified atom stereocenters. The molecule has 0 aliphatic rings. The van der Waals surface area contributed by atoms with Gasteiger partial charge in [0.15, 0.2) is 12.7 Å². The maximum Gasteiger partial charge on any atom is 0.340 e. The van der Waals surface area contributed by atoms with Gasteiger partial charge in [0.25, 0.3) is 5.91 Å². The van der Waals surface area contributed by atoms with E-state index in [1.807, 2.05) is 6.07 Å². The molecule has 0 aliphatic carbocycles. The summed E-state index contributed by atoms with van der Waals surface area (Å²) < 4.78 is 4.78. The highest BCUT2D eigenvalue weighted by molar-refractivity contribution is 5.83. The second-order valence-corrected chi connectivity index (χ2v) is 5.44. The summed E-state index contributed by atoms with van der Waals surface area (Å²) >= 11 is 0. The lowest BCUT2D eigenvalue weighted by Gasteiger charge is -2.27. The van der Waals surface area contributed by atoms with Crippen LogP contribution in [0.15, 0.2) is 30.3 Å². The minimum Gasteiger partial charge on any atom is -0.453 e. The fourth-order valence-electron chi connectivity index (χ4n) is 1.61. The first-order valence-corrected chi connectivity index (χ1v) is 6.92. The van der Waals surface area contributed by atoms with Crippen molar-refractivity contribution in [3.8, 4) is 6.07 Å². The number of carbonyl (C=O) groups excluding carboxylic acids is 2. The van der Waals surface area contributed by atoms with Crippen molar-refractivity contribution in [2.24, 2.45) is 5.92 Å². The number of carbonyl (C=O) groups is 2. The Labute approximate surface area is 129 Å². The van der Waals surface area contributed by atoms with Crippen LogP contribution in [0.5, 0.6) is 0 Å². The van der Waals surface area contributed by atoms with E-state index < -0.39 is 30.1 Å². The summed E-state index contributed by atoms with van der Waals surface area (Å²) in [7, 11) is 0. The van der Waals surface area contributed by atoms with E-state index in [-0.39, 0.29) is 5.92 Å². The largest absolute Gasteiger partial charge is 0.453 e. The van der Waals surface area contributed by atoms with Gasteiger partial charge in [-0.2, -0.15) is 5.26 Å². The third-order valence-corrected chi connectivity index (χ3v) is 3.47. The molecule has 1 rings (SSSR count). The fraction of sp³-hybridized carbons (Fsp3) is 0.438. The van der Waals surface area contributed by atoms with Crippen LogP contribution in [0.4, 0.5) is 0 Å². The third-order valence-electron chi connectivity index (χ3n) is 3.47. The molecule has 0 aliphatic heterocycles. The first-order chi connectivity index (χ1) is 10.3. The number of hydrogen-bond donors (Lipinski definition) is 2. The van der Waals surface area contributed by atoms with E-state index >= 15 is 0 Å². The summed E-state index contributed by atoms with van der Waals surface area (Å²) in [4.78, 5) is 23.5. The number of ether oxygens (including phenoxy) is 1. The molecule has 0 saturated heterocycles. The summed E-state index contributed by atoms with van der Waals surface area (Å²) in [5, 5.41) is 21.4. The van der Waals surface area contributed by atoms with Crippen molar-refractivity contribution in [2.45, 2.75) is 32.4 Å². The minimum atomic E-state index is -1.44. The number of nitriles is 1. The van der Waals surface area contributed by atoms with E-state index in [1.165, 1.54) is 0 Å². The Balaban J connectivity index is 2.54. The Morgan fingerprint density at radius 1 is 1.36 bits per heavy atom. The molecule has 6 heteroatoms. The van der Waals surface area contributed by atoms with Gasteiger partial charge in [0.05, 0.1) is 6.07 Å². The summed E-state index contributed by atoms with van der Waals surface area (Å²) in [5.74, 6) is -1.61. The Morgan fingerprint density at radius 3 is 2.45 bits per heavy atom. The van der Waals surface area contributed by atoms with Gasteiger partial charge in [0.1, 0.15) is 5.54 Å². The van der Waals surface area contributed by atoms with Crippen LogP contribution in [-0.2, 0) is 14.3 Å². The summed E-state index contributed by atoms with van der Waals surface area (Å²) in [6, 6.07) is 10.3. The molecule has 1 aromatic carbocycles. The molecule has 0 spiro atoms. The Bertz CT molecular complexity index is 565. The maximum absolute atomic E-state index is 11.8. The van der Waals surface area contributed by atoms with Gasteiger partial charge in [-0.05, 0) is 18.4 Å². The van der Waals surface area contributed by atoms with E-state index in [9.17, 15) is 14.7 Å². The molecule has 0 bridgehead atoms. The molecule has 1 amide bonds. The molecule has 0 aromatic heterocycles. The van der Waals surface area contributed by atoms with Crippen molar-refractivity contribution >= 4 is 11.9 Å². The van der Waals surface area contributed by atoms with E-state index in [0.717, 1.165) is 0 Å². The Morgan fingerprint density at radius 2 is 1.95 bits per heavy atom. The van der Waals surface area contributed by atoms with Crippen molar-refractivity contribution in [1.82, 2.24) is 5.32 Å². The molecule has 2 N–H and O–H groups in total. The molecular formula is C16H20N2O4. The molecule has 0 heterocycles. The van der Waals surface area contributed by atoms with Gasteiger partial charge >= 0.3 is 5.97 Å². The molecule has 22 heavy (non-hydrogen) atoms. The van der Waals surface area contributed by atoms with Crippen molar-refractivity contribution in [2.75, 3.05) is 6.61 Å². The average molecular weight is 304 g/mol. The van der Waals surface area contributed by atoms with E-state index in [1.54, 1.807) is 51.1 Å². The van der Waals surface area contributed by atoms with E-state index in [4.69, 9.17) is 10.00 Å². The number of nitrogens with zero attached hydrogens (tertiary/aromatic N) is 1. The average Bonchev–Trinajstić information content (AvgIpc) is 2.52. The summed E-state index contributed by atoms with van der Waals surface area (Å²) in [6.07, 6.45) is -1.44. The van der Waals surface area contributed by atoms with Crippen LogP contribution in [0.3, 0.4) is 0 Å². The first kappa shape index (κ1) is 17.7. The van der Waals surface area contributed by atoms with Gasteiger partial charge in [0.2, 0.25) is 0 Å². The molecule has 0 fully saturated rings. The van der Waals surface area contributed by atoms with Crippen LogP contribution in [0, 0.1) is 17.2 Å². The Kier molecular flexibility index (Phi) is 6.08. The zero-order chi connectivity index (χ0) is 16.8. The van der Waals surface area contributed by atoms with Crippen LogP contribution < -0.4 is 5.32 Å². The Hall–Kier alpha value is -2.39. The monoisotopic (exact) mass is 304 g/mol.